The number of Topliss-reactive ketones (excluding diaryl/α,β-unsaturated/α-hetero) is 1. The van der Waals surface area contributed by atoms with E-state index < -0.39 is 0 Å². The number of carbonyl (C=O) groups excluding carboxylic acids is 2. The molecule has 5 rings (SSSR count). The highest BCUT2D eigenvalue weighted by atomic mass is 32.2. The van der Waals surface area contributed by atoms with Gasteiger partial charge in [0.25, 0.3) is 5.91 Å². The summed E-state index contributed by atoms with van der Waals surface area (Å²) in [4.78, 5) is 31.6. The number of carbonyl (C=O) groups is 2. The second-order valence-electron chi connectivity index (χ2n) is 8.83. The number of ketones is 1. The maximum atomic E-state index is 12.9. The van der Waals surface area contributed by atoms with Crippen LogP contribution in [0.15, 0.2) is 34.9 Å². The maximum absolute atomic E-state index is 12.9. The van der Waals surface area contributed by atoms with Crippen LogP contribution >= 0.6 is 23.1 Å². The smallest absolute Gasteiger partial charge is 0.270 e. The van der Waals surface area contributed by atoms with Crippen LogP contribution in [0.4, 0.5) is 0 Å². The van der Waals surface area contributed by atoms with E-state index >= 15 is 0 Å². The zero-order valence-electron chi connectivity index (χ0n) is 18.7. The molecule has 0 aromatic carbocycles. The molecule has 0 unspecified atom stereocenters. The molecule has 1 aliphatic heterocycles. The fourth-order valence-electron chi connectivity index (χ4n) is 4.78. The Hall–Kier alpha value is -2.39. The van der Waals surface area contributed by atoms with Crippen LogP contribution in [0.2, 0.25) is 0 Å². The summed E-state index contributed by atoms with van der Waals surface area (Å²) in [7, 11) is 0. The van der Waals surface area contributed by atoms with Crippen molar-refractivity contribution in [3.63, 3.8) is 0 Å². The molecule has 0 bridgehead atoms. The predicted molar refractivity (Wildman–Crippen MR) is 130 cm³/mol. The lowest BCUT2D eigenvalue weighted by molar-refractivity contribution is 0.0787. The predicted octanol–water partition coefficient (Wildman–Crippen LogP) is 4.97. The van der Waals surface area contributed by atoms with E-state index in [2.05, 4.69) is 37.3 Å². The lowest BCUT2D eigenvalue weighted by Gasteiger charge is -2.25. The molecular formula is C24H29N5O2S2. The lowest BCUT2D eigenvalue weighted by atomic mass is 9.95. The van der Waals surface area contributed by atoms with Gasteiger partial charge in [-0.25, -0.2) is 0 Å². The van der Waals surface area contributed by atoms with Crippen molar-refractivity contribution in [1.82, 2.24) is 24.6 Å². The van der Waals surface area contributed by atoms with Crippen molar-refractivity contribution in [3.8, 4) is 0 Å². The van der Waals surface area contributed by atoms with E-state index in [1.165, 1.54) is 35.9 Å². The average molecular weight is 484 g/mol. The van der Waals surface area contributed by atoms with E-state index in [0.717, 1.165) is 56.2 Å². The standard InChI is InChI=1S/C24H29N5O2S2/c30-21(17-13-20(25-15-17)23(31)28-10-4-5-11-28)16-33-24-27-26-22(14-19-9-6-12-32-19)29(24)18-7-2-1-3-8-18/h6,9,12-13,15,18,25H,1-5,7-8,10-11,14,16H2. The van der Waals surface area contributed by atoms with Gasteiger partial charge in [0.05, 0.1) is 5.75 Å². The quantitative estimate of drug-likeness (QED) is 0.361. The minimum Gasteiger partial charge on any atom is -0.356 e. The van der Waals surface area contributed by atoms with Crippen molar-refractivity contribution < 1.29 is 9.59 Å². The monoisotopic (exact) mass is 483 g/mol. The minimum absolute atomic E-state index is 0.00489. The molecule has 0 radical (unpaired) electrons. The number of thiophene rings is 1. The summed E-state index contributed by atoms with van der Waals surface area (Å²) in [6.07, 6.45) is 10.5. The highest BCUT2D eigenvalue weighted by Crippen LogP contribution is 2.33. The van der Waals surface area contributed by atoms with Crippen molar-refractivity contribution in [2.75, 3.05) is 18.8 Å². The molecule has 3 aromatic rings. The summed E-state index contributed by atoms with van der Waals surface area (Å²) in [5.41, 5.74) is 1.04. The Kier molecular flexibility index (Phi) is 6.96. The van der Waals surface area contributed by atoms with Gasteiger partial charge in [0, 0.05) is 42.2 Å². The first-order valence-electron chi connectivity index (χ1n) is 11.8. The molecule has 1 aliphatic carbocycles. The summed E-state index contributed by atoms with van der Waals surface area (Å²) >= 11 is 3.19. The van der Waals surface area contributed by atoms with Gasteiger partial charge in [-0.1, -0.05) is 37.1 Å². The number of thioether (sulfide) groups is 1. The van der Waals surface area contributed by atoms with Crippen LogP contribution in [0.1, 0.15) is 82.5 Å². The first-order valence-corrected chi connectivity index (χ1v) is 13.7. The van der Waals surface area contributed by atoms with Gasteiger partial charge in [-0.05, 0) is 43.2 Å². The molecule has 0 spiro atoms. The van der Waals surface area contributed by atoms with Crippen LogP contribution in [0.3, 0.4) is 0 Å². The van der Waals surface area contributed by atoms with Gasteiger partial charge >= 0.3 is 0 Å². The van der Waals surface area contributed by atoms with Gasteiger partial charge < -0.3 is 14.5 Å². The second-order valence-corrected chi connectivity index (χ2v) is 10.8. The highest BCUT2D eigenvalue weighted by Gasteiger charge is 2.25. The molecule has 1 amide bonds. The number of rotatable bonds is 8. The van der Waals surface area contributed by atoms with Gasteiger partial charge in [0.1, 0.15) is 11.5 Å². The molecule has 33 heavy (non-hydrogen) atoms. The third-order valence-corrected chi connectivity index (χ3v) is 8.37. The zero-order valence-corrected chi connectivity index (χ0v) is 20.3. The topological polar surface area (TPSA) is 83.9 Å². The third-order valence-electron chi connectivity index (χ3n) is 6.55. The van der Waals surface area contributed by atoms with Crippen LogP contribution in [-0.2, 0) is 6.42 Å². The number of aromatic nitrogens is 4. The summed E-state index contributed by atoms with van der Waals surface area (Å²) in [5.74, 6) is 1.24. The molecule has 2 fully saturated rings. The molecule has 4 heterocycles. The van der Waals surface area contributed by atoms with E-state index in [9.17, 15) is 9.59 Å². The van der Waals surface area contributed by atoms with Gasteiger partial charge in [-0.2, -0.15) is 0 Å². The average Bonchev–Trinajstić information content (AvgIpc) is 3.65. The maximum Gasteiger partial charge on any atom is 0.270 e. The minimum atomic E-state index is -0.0190. The van der Waals surface area contributed by atoms with E-state index in [0.29, 0.717) is 17.3 Å². The first-order chi connectivity index (χ1) is 16.2. The van der Waals surface area contributed by atoms with E-state index in [1.807, 2.05) is 4.90 Å². The molecule has 1 saturated carbocycles. The van der Waals surface area contributed by atoms with Crippen molar-refractivity contribution in [2.24, 2.45) is 0 Å². The zero-order chi connectivity index (χ0) is 22.6. The van der Waals surface area contributed by atoms with Gasteiger partial charge in [0.15, 0.2) is 10.9 Å². The van der Waals surface area contributed by atoms with Crippen LogP contribution in [-0.4, -0.2) is 55.2 Å². The molecule has 3 aromatic heterocycles. The highest BCUT2D eigenvalue weighted by molar-refractivity contribution is 7.99. The van der Waals surface area contributed by atoms with Crippen molar-refractivity contribution >= 4 is 34.8 Å². The Labute approximate surface area is 202 Å². The molecule has 1 N–H and O–H groups in total. The number of likely N-dealkylation sites (tertiary alicyclic amines) is 1. The van der Waals surface area contributed by atoms with Crippen LogP contribution in [0, 0.1) is 0 Å². The van der Waals surface area contributed by atoms with Crippen molar-refractivity contribution in [1.29, 1.82) is 0 Å². The molecule has 174 valence electrons. The summed E-state index contributed by atoms with van der Waals surface area (Å²) in [5, 5.41) is 11.9. The Bertz CT molecular complexity index is 1090. The van der Waals surface area contributed by atoms with Crippen LogP contribution in [0.25, 0.3) is 0 Å². The van der Waals surface area contributed by atoms with E-state index in [-0.39, 0.29) is 17.4 Å². The number of amides is 1. The largest absolute Gasteiger partial charge is 0.356 e. The number of hydrogen-bond donors (Lipinski definition) is 1. The van der Waals surface area contributed by atoms with E-state index in [4.69, 9.17) is 0 Å². The summed E-state index contributed by atoms with van der Waals surface area (Å²) < 4.78 is 2.29. The third kappa shape index (κ3) is 5.09. The summed E-state index contributed by atoms with van der Waals surface area (Å²) in [6.45, 7) is 1.59. The van der Waals surface area contributed by atoms with Gasteiger partial charge in [-0.3, -0.25) is 9.59 Å². The molecule has 1 saturated heterocycles. The number of hydrogen-bond acceptors (Lipinski definition) is 6. The number of nitrogens with zero attached hydrogens (tertiary/aromatic N) is 4. The van der Waals surface area contributed by atoms with Crippen molar-refractivity contribution in [2.45, 2.75) is 62.6 Å². The second kappa shape index (κ2) is 10.3. The van der Waals surface area contributed by atoms with Gasteiger partial charge in [0.2, 0.25) is 0 Å². The number of H-pyrrole nitrogens is 1. The molecular weight excluding hydrogens is 454 g/mol. The van der Waals surface area contributed by atoms with Crippen LogP contribution < -0.4 is 0 Å². The van der Waals surface area contributed by atoms with E-state index in [1.54, 1.807) is 23.6 Å². The molecule has 9 heteroatoms. The fraction of sp³-hybridized carbons (Fsp3) is 0.500. The molecule has 0 atom stereocenters. The van der Waals surface area contributed by atoms with Crippen LogP contribution in [0.5, 0.6) is 0 Å². The fourth-order valence-corrected chi connectivity index (χ4v) is 6.40. The Balaban J connectivity index is 1.28. The van der Waals surface area contributed by atoms with Crippen molar-refractivity contribution in [3.05, 3.63) is 51.7 Å². The molecule has 7 nitrogen and oxygen atoms in total. The summed E-state index contributed by atoms with van der Waals surface area (Å²) in [6, 6.07) is 6.29. The number of aromatic amines is 1. The number of nitrogens with one attached hydrogen (secondary N) is 1. The first kappa shape index (κ1) is 22.4. The molecule has 2 aliphatic rings. The Morgan fingerprint density at radius 1 is 1.12 bits per heavy atom. The van der Waals surface area contributed by atoms with Gasteiger partial charge in [-0.15, -0.1) is 21.5 Å². The Morgan fingerprint density at radius 2 is 1.94 bits per heavy atom. The normalized spacial score (nSPS) is 17.0. The lowest BCUT2D eigenvalue weighted by Crippen LogP contribution is -2.27. The Morgan fingerprint density at radius 3 is 2.70 bits per heavy atom. The SMILES string of the molecule is O=C(CSc1nnc(Cc2cccs2)n1C1CCCCC1)c1c[nH]c(C(=O)N2CCCC2)c1.